The number of methoxy groups -OCH3 is 2. The van der Waals surface area contributed by atoms with E-state index in [0.717, 1.165) is 0 Å². The van der Waals surface area contributed by atoms with Gasteiger partial charge in [-0.25, -0.2) is 4.79 Å². The maximum Gasteiger partial charge on any atom is 0.326 e. The zero-order valence-electron chi connectivity index (χ0n) is 13.1. The second-order valence-electron chi connectivity index (χ2n) is 5.10. The Morgan fingerprint density at radius 2 is 1.92 bits per heavy atom. The summed E-state index contributed by atoms with van der Waals surface area (Å²) >= 11 is 0. The van der Waals surface area contributed by atoms with Crippen LogP contribution >= 0.6 is 0 Å². The smallest absolute Gasteiger partial charge is 0.326 e. The first-order valence-electron chi connectivity index (χ1n) is 7.12. The molecule has 0 spiro atoms. The Morgan fingerprint density at radius 1 is 1.12 bits per heavy atom. The first-order chi connectivity index (χ1) is 11.5. The number of nitrogens with one attached hydrogen (secondary N) is 1. The lowest BCUT2D eigenvalue weighted by Crippen LogP contribution is -2.41. The van der Waals surface area contributed by atoms with Gasteiger partial charge in [0, 0.05) is 30.3 Å². The standard InChI is InChI=1S/C16H15N3O5/c1-23-12-4-6-15(24-2)14(8-12)18-13-5-3-11(19(21)22)7-10(13)9-17-16(18)20/h3-8H,9H2,1-2H3,(H,17,20). The van der Waals surface area contributed by atoms with Crippen LogP contribution in [0.5, 0.6) is 11.5 Å². The first kappa shape index (κ1) is 15.6. The van der Waals surface area contributed by atoms with Gasteiger partial charge in [-0.05, 0) is 18.2 Å². The highest BCUT2D eigenvalue weighted by Gasteiger charge is 2.29. The van der Waals surface area contributed by atoms with E-state index in [1.165, 1.54) is 31.3 Å². The van der Waals surface area contributed by atoms with Crippen LogP contribution in [0.4, 0.5) is 21.9 Å². The quantitative estimate of drug-likeness (QED) is 0.687. The summed E-state index contributed by atoms with van der Waals surface area (Å²) in [6, 6.07) is 9.14. The number of hydrogen-bond acceptors (Lipinski definition) is 5. The molecule has 8 nitrogen and oxygen atoms in total. The average molecular weight is 329 g/mol. The number of ether oxygens (including phenoxy) is 2. The molecule has 0 aliphatic carbocycles. The number of non-ortho nitro benzene ring substituents is 1. The lowest BCUT2D eigenvalue weighted by molar-refractivity contribution is -0.384. The molecule has 0 bridgehead atoms. The van der Waals surface area contributed by atoms with Gasteiger partial charge >= 0.3 is 6.03 Å². The van der Waals surface area contributed by atoms with Crippen molar-refractivity contribution in [1.29, 1.82) is 0 Å². The maximum atomic E-state index is 12.4. The molecule has 8 heteroatoms. The van der Waals surface area contributed by atoms with Crippen molar-refractivity contribution in [1.82, 2.24) is 5.32 Å². The van der Waals surface area contributed by atoms with E-state index in [9.17, 15) is 14.9 Å². The van der Waals surface area contributed by atoms with Crippen molar-refractivity contribution < 1.29 is 19.2 Å². The van der Waals surface area contributed by atoms with Crippen molar-refractivity contribution >= 4 is 23.1 Å². The van der Waals surface area contributed by atoms with E-state index in [2.05, 4.69) is 5.32 Å². The van der Waals surface area contributed by atoms with Crippen molar-refractivity contribution in [3.63, 3.8) is 0 Å². The summed E-state index contributed by atoms with van der Waals surface area (Å²) in [5, 5.41) is 13.7. The molecule has 2 aromatic rings. The minimum absolute atomic E-state index is 0.0255. The molecular weight excluding hydrogens is 314 g/mol. The third-order valence-electron chi connectivity index (χ3n) is 3.77. The molecule has 0 saturated carbocycles. The third kappa shape index (κ3) is 2.58. The molecule has 1 N–H and O–H groups in total. The second-order valence-corrected chi connectivity index (χ2v) is 5.10. The zero-order valence-corrected chi connectivity index (χ0v) is 13.1. The highest BCUT2D eigenvalue weighted by molar-refractivity contribution is 6.03. The number of urea groups is 1. The van der Waals surface area contributed by atoms with Gasteiger partial charge in [-0.1, -0.05) is 0 Å². The Balaban J connectivity index is 2.15. The molecule has 24 heavy (non-hydrogen) atoms. The molecule has 0 radical (unpaired) electrons. The van der Waals surface area contributed by atoms with Crippen LogP contribution in [0, 0.1) is 10.1 Å². The number of rotatable bonds is 4. The first-order valence-corrected chi connectivity index (χ1v) is 7.12. The number of hydrogen-bond donors (Lipinski definition) is 1. The van der Waals surface area contributed by atoms with E-state index < -0.39 is 4.92 Å². The monoisotopic (exact) mass is 329 g/mol. The van der Waals surface area contributed by atoms with Crippen molar-refractivity contribution in [2.24, 2.45) is 0 Å². The van der Waals surface area contributed by atoms with Crippen molar-refractivity contribution in [2.75, 3.05) is 19.1 Å². The molecule has 0 saturated heterocycles. The van der Waals surface area contributed by atoms with Gasteiger partial charge in [0.05, 0.1) is 30.5 Å². The van der Waals surface area contributed by atoms with E-state index >= 15 is 0 Å². The number of benzene rings is 2. The van der Waals surface area contributed by atoms with Crippen LogP contribution < -0.4 is 19.7 Å². The van der Waals surface area contributed by atoms with Crippen molar-refractivity contribution in [3.8, 4) is 11.5 Å². The molecular formula is C16H15N3O5. The summed E-state index contributed by atoms with van der Waals surface area (Å²) in [6.45, 7) is 0.221. The predicted molar refractivity (Wildman–Crippen MR) is 87.0 cm³/mol. The molecule has 1 aliphatic rings. The summed E-state index contributed by atoms with van der Waals surface area (Å²) in [4.78, 5) is 24.3. The summed E-state index contributed by atoms with van der Waals surface area (Å²) in [5.74, 6) is 1.05. The van der Waals surface area contributed by atoms with Crippen LogP contribution in [0.15, 0.2) is 36.4 Å². The minimum atomic E-state index is -0.465. The zero-order chi connectivity index (χ0) is 17.3. The van der Waals surface area contributed by atoms with Gasteiger partial charge in [-0.3, -0.25) is 15.0 Å². The predicted octanol–water partition coefficient (Wildman–Crippen LogP) is 2.97. The topological polar surface area (TPSA) is 93.9 Å². The van der Waals surface area contributed by atoms with Gasteiger partial charge in [0.1, 0.15) is 11.5 Å². The molecule has 0 aromatic heterocycles. The molecule has 3 rings (SSSR count). The van der Waals surface area contributed by atoms with E-state index in [1.54, 1.807) is 24.3 Å². The average Bonchev–Trinajstić information content (AvgIpc) is 2.60. The number of carbonyl (C=O) groups is 1. The number of nitro groups is 1. The number of nitro benzene ring substituents is 1. The Kier molecular flexibility index (Phi) is 3.95. The van der Waals surface area contributed by atoms with Gasteiger partial charge in [0.15, 0.2) is 0 Å². The largest absolute Gasteiger partial charge is 0.497 e. The molecule has 1 aliphatic heterocycles. The van der Waals surface area contributed by atoms with Crippen LogP contribution in [0.3, 0.4) is 0 Å². The summed E-state index contributed by atoms with van der Waals surface area (Å²) in [6.07, 6.45) is 0. The van der Waals surface area contributed by atoms with Gasteiger partial charge in [0.2, 0.25) is 0 Å². The number of nitrogens with zero attached hydrogens (tertiary/aromatic N) is 2. The molecule has 0 unspecified atom stereocenters. The number of anilines is 2. The Hall–Kier alpha value is -3.29. The maximum absolute atomic E-state index is 12.4. The van der Waals surface area contributed by atoms with Crippen LogP contribution in [-0.2, 0) is 6.54 Å². The molecule has 2 aromatic carbocycles. The van der Waals surface area contributed by atoms with Crippen LogP contribution in [0.1, 0.15) is 5.56 Å². The number of amides is 2. The van der Waals surface area contributed by atoms with Crippen LogP contribution in [-0.4, -0.2) is 25.2 Å². The van der Waals surface area contributed by atoms with E-state index in [-0.39, 0.29) is 18.3 Å². The third-order valence-corrected chi connectivity index (χ3v) is 3.77. The molecule has 2 amide bonds. The molecule has 0 fully saturated rings. The fourth-order valence-corrected chi connectivity index (χ4v) is 2.62. The van der Waals surface area contributed by atoms with Gasteiger partial charge in [0.25, 0.3) is 5.69 Å². The Bertz CT molecular complexity index is 821. The summed E-state index contributed by atoms with van der Waals surface area (Å²) < 4.78 is 10.6. The normalized spacial score (nSPS) is 13.1. The second kappa shape index (κ2) is 6.07. The van der Waals surface area contributed by atoms with Crippen LogP contribution in [0.25, 0.3) is 0 Å². The number of carbonyl (C=O) groups excluding carboxylic acids is 1. The van der Waals surface area contributed by atoms with Crippen molar-refractivity contribution in [2.45, 2.75) is 6.54 Å². The molecule has 0 atom stereocenters. The van der Waals surface area contributed by atoms with E-state index in [0.29, 0.717) is 28.4 Å². The van der Waals surface area contributed by atoms with Gasteiger partial charge < -0.3 is 14.8 Å². The van der Waals surface area contributed by atoms with Crippen molar-refractivity contribution in [3.05, 3.63) is 52.1 Å². The SMILES string of the molecule is COc1ccc(OC)c(N2C(=O)NCc3cc([N+](=O)[O-])ccc32)c1. The fourth-order valence-electron chi connectivity index (χ4n) is 2.62. The van der Waals surface area contributed by atoms with Gasteiger partial charge in [-0.2, -0.15) is 0 Å². The molecule has 124 valence electrons. The van der Waals surface area contributed by atoms with Gasteiger partial charge in [-0.15, -0.1) is 0 Å². The molecule has 1 heterocycles. The van der Waals surface area contributed by atoms with E-state index in [1.807, 2.05) is 0 Å². The minimum Gasteiger partial charge on any atom is -0.497 e. The number of fused-ring (bicyclic) bond motifs is 1. The Labute approximate surface area is 137 Å². The highest BCUT2D eigenvalue weighted by atomic mass is 16.6. The lowest BCUT2D eigenvalue weighted by atomic mass is 10.1. The highest BCUT2D eigenvalue weighted by Crippen LogP contribution is 2.40. The summed E-state index contributed by atoms with van der Waals surface area (Å²) in [5.41, 5.74) is 1.68. The fraction of sp³-hybridized carbons (Fsp3) is 0.188. The Morgan fingerprint density at radius 3 is 2.58 bits per heavy atom. The van der Waals surface area contributed by atoms with E-state index in [4.69, 9.17) is 9.47 Å². The lowest BCUT2D eigenvalue weighted by Gasteiger charge is -2.31. The van der Waals surface area contributed by atoms with Crippen LogP contribution in [0.2, 0.25) is 0 Å². The summed E-state index contributed by atoms with van der Waals surface area (Å²) in [7, 11) is 3.03.